The Morgan fingerprint density at radius 3 is 2.33 bits per heavy atom. The number of anilines is 1. The highest BCUT2D eigenvalue weighted by Gasteiger charge is 2.28. The van der Waals surface area contributed by atoms with Crippen LogP contribution in [0.3, 0.4) is 0 Å². The largest absolute Gasteiger partial charge is 0.484 e. The number of halogens is 3. The maximum Gasteiger partial charge on any atom is 0.422 e. The Hall–Kier alpha value is -1.39. The van der Waals surface area contributed by atoms with Crippen molar-refractivity contribution in [3.63, 3.8) is 0 Å². The number of benzene rings is 1. The van der Waals surface area contributed by atoms with Gasteiger partial charge in [0, 0.05) is 11.7 Å². The number of alkyl halides is 3. The minimum Gasteiger partial charge on any atom is -0.484 e. The van der Waals surface area contributed by atoms with Crippen LogP contribution < -0.4 is 10.1 Å². The summed E-state index contributed by atoms with van der Waals surface area (Å²) in [4.78, 5) is 0. The lowest BCUT2D eigenvalue weighted by Gasteiger charge is -2.33. The van der Waals surface area contributed by atoms with Crippen molar-refractivity contribution in [3.8, 4) is 5.75 Å². The molecule has 3 atom stereocenters. The van der Waals surface area contributed by atoms with Crippen molar-refractivity contribution in [1.29, 1.82) is 0 Å². The molecule has 1 aromatic rings. The first-order chi connectivity index (χ1) is 9.83. The first-order valence-electron chi connectivity index (χ1n) is 7.39. The van der Waals surface area contributed by atoms with E-state index >= 15 is 0 Å². The molecule has 0 aliphatic heterocycles. The third-order valence-corrected chi connectivity index (χ3v) is 4.23. The predicted molar refractivity (Wildman–Crippen MR) is 77.6 cm³/mol. The lowest BCUT2D eigenvalue weighted by molar-refractivity contribution is -0.153. The lowest BCUT2D eigenvalue weighted by atomic mass is 9.79. The van der Waals surface area contributed by atoms with Gasteiger partial charge in [-0.15, -0.1) is 0 Å². The average molecular weight is 301 g/mol. The van der Waals surface area contributed by atoms with Crippen molar-refractivity contribution in [3.05, 3.63) is 24.3 Å². The molecule has 1 aliphatic rings. The maximum atomic E-state index is 12.1. The van der Waals surface area contributed by atoms with Crippen LogP contribution in [0, 0.1) is 11.8 Å². The van der Waals surface area contributed by atoms with E-state index in [0.29, 0.717) is 12.0 Å². The summed E-state index contributed by atoms with van der Waals surface area (Å²) in [5.74, 6) is 1.70. The second-order valence-corrected chi connectivity index (χ2v) is 6.04. The Balaban J connectivity index is 1.85. The molecule has 0 bridgehead atoms. The number of hydrogen-bond acceptors (Lipinski definition) is 2. The van der Waals surface area contributed by atoms with Crippen LogP contribution in [0.2, 0.25) is 0 Å². The van der Waals surface area contributed by atoms with Gasteiger partial charge in [-0.1, -0.05) is 13.8 Å². The molecule has 0 radical (unpaired) electrons. The summed E-state index contributed by atoms with van der Waals surface area (Å²) >= 11 is 0. The quantitative estimate of drug-likeness (QED) is 0.857. The molecule has 1 saturated carbocycles. The van der Waals surface area contributed by atoms with Gasteiger partial charge in [0.05, 0.1) is 0 Å². The fourth-order valence-corrected chi connectivity index (χ4v) is 2.73. The molecule has 0 aromatic heterocycles. The summed E-state index contributed by atoms with van der Waals surface area (Å²) in [6.45, 7) is 3.30. The summed E-state index contributed by atoms with van der Waals surface area (Å²) in [7, 11) is 0. The van der Waals surface area contributed by atoms with Crippen LogP contribution in [0.25, 0.3) is 0 Å². The van der Waals surface area contributed by atoms with Crippen LogP contribution >= 0.6 is 0 Å². The van der Waals surface area contributed by atoms with Crippen molar-refractivity contribution < 1.29 is 17.9 Å². The van der Waals surface area contributed by atoms with Crippen molar-refractivity contribution in [2.75, 3.05) is 11.9 Å². The van der Waals surface area contributed by atoms with Crippen LogP contribution in [-0.4, -0.2) is 18.8 Å². The van der Waals surface area contributed by atoms with E-state index in [1.807, 2.05) is 0 Å². The van der Waals surface area contributed by atoms with Crippen LogP contribution in [0.15, 0.2) is 24.3 Å². The second kappa shape index (κ2) is 6.58. The molecular weight excluding hydrogens is 279 g/mol. The minimum absolute atomic E-state index is 0.239. The molecule has 1 aliphatic carbocycles. The molecule has 1 N–H and O–H groups in total. The zero-order valence-corrected chi connectivity index (χ0v) is 12.4. The van der Waals surface area contributed by atoms with Gasteiger partial charge in [0.1, 0.15) is 5.75 Å². The zero-order valence-electron chi connectivity index (χ0n) is 12.4. The fraction of sp³-hybridized carbons (Fsp3) is 0.625. The van der Waals surface area contributed by atoms with Crippen molar-refractivity contribution in [1.82, 2.24) is 0 Å². The van der Waals surface area contributed by atoms with E-state index in [1.54, 1.807) is 24.3 Å². The molecule has 1 aromatic carbocycles. The molecule has 5 heteroatoms. The van der Waals surface area contributed by atoms with Crippen molar-refractivity contribution in [2.45, 2.75) is 45.3 Å². The highest BCUT2D eigenvalue weighted by Crippen LogP contribution is 2.31. The highest BCUT2D eigenvalue weighted by molar-refractivity contribution is 5.47. The first kappa shape index (κ1) is 16.0. The van der Waals surface area contributed by atoms with E-state index in [2.05, 4.69) is 19.2 Å². The predicted octanol–water partition coefficient (Wildman–Crippen LogP) is 4.86. The van der Waals surface area contributed by atoms with Crippen LogP contribution in [0.1, 0.15) is 33.1 Å². The van der Waals surface area contributed by atoms with Gasteiger partial charge in [-0.2, -0.15) is 13.2 Å². The van der Waals surface area contributed by atoms with E-state index in [-0.39, 0.29) is 5.75 Å². The van der Waals surface area contributed by atoms with Gasteiger partial charge in [-0.3, -0.25) is 0 Å². The molecule has 1 fully saturated rings. The van der Waals surface area contributed by atoms with E-state index < -0.39 is 12.8 Å². The number of ether oxygens (including phenoxy) is 1. The maximum absolute atomic E-state index is 12.1. The van der Waals surface area contributed by atoms with Crippen LogP contribution in [0.5, 0.6) is 5.75 Å². The van der Waals surface area contributed by atoms with Gasteiger partial charge < -0.3 is 10.1 Å². The van der Waals surface area contributed by atoms with Crippen molar-refractivity contribution in [2.24, 2.45) is 11.8 Å². The van der Waals surface area contributed by atoms with Crippen molar-refractivity contribution >= 4 is 5.69 Å². The lowest BCUT2D eigenvalue weighted by Crippen LogP contribution is -2.30. The fourth-order valence-electron chi connectivity index (χ4n) is 2.73. The molecule has 3 unspecified atom stereocenters. The molecule has 0 saturated heterocycles. The average Bonchev–Trinajstić information content (AvgIpc) is 2.41. The smallest absolute Gasteiger partial charge is 0.422 e. The Morgan fingerprint density at radius 1 is 1.10 bits per heavy atom. The molecule has 0 amide bonds. The van der Waals surface area contributed by atoms with E-state index in [9.17, 15) is 13.2 Å². The molecule has 0 spiro atoms. The Bertz CT molecular complexity index is 444. The summed E-state index contributed by atoms with van der Waals surface area (Å²) in [5, 5.41) is 3.45. The summed E-state index contributed by atoms with van der Waals surface area (Å²) in [5.41, 5.74) is 0.932. The zero-order chi connectivity index (χ0) is 15.5. The van der Waals surface area contributed by atoms with Gasteiger partial charge in [0.2, 0.25) is 0 Å². The standard InChI is InChI=1S/C16H22F3NO/c1-11-3-4-14(9-12(11)2)20-13-5-7-15(8-6-13)21-10-16(17,18)19/h5-8,11-12,14,20H,3-4,9-10H2,1-2H3. The summed E-state index contributed by atoms with van der Waals surface area (Å²) < 4.78 is 40.9. The SMILES string of the molecule is CC1CCC(Nc2ccc(OCC(F)(F)F)cc2)CC1C. The highest BCUT2D eigenvalue weighted by atomic mass is 19.4. The third kappa shape index (κ3) is 5.14. The van der Waals surface area contributed by atoms with Crippen LogP contribution in [-0.2, 0) is 0 Å². The normalized spacial score (nSPS) is 26.4. The molecule has 2 rings (SSSR count). The summed E-state index contributed by atoms with van der Waals surface area (Å²) in [6, 6.07) is 7.13. The summed E-state index contributed by atoms with van der Waals surface area (Å²) in [6.07, 6.45) is -0.817. The van der Waals surface area contributed by atoms with Gasteiger partial charge in [0.15, 0.2) is 6.61 Å². The monoisotopic (exact) mass is 301 g/mol. The van der Waals surface area contributed by atoms with Gasteiger partial charge in [-0.05, 0) is 55.4 Å². The van der Waals surface area contributed by atoms with Gasteiger partial charge in [-0.25, -0.2) is 0 Å². The molecular formula is C16H22F3NO. The molecule has 118 valence electrons. The third-order valence-electron chi connectivity index (χ3n) is 4.23. The number of nitrogens with one attached hydrogen (secondary N) is 1. The van der Waals surface area contributed by atoms with E-state index in [1.165, 1.54) is 6.42 Å². The Labute approximate surface area is 123 Å². The Morgan fingerprint density at radius 2 is 1.76 bits per heavy atom. The Kier molecular flexibility index (Phi) is 5.01. The van der Waals surface area contributed by atoms with E-state index in [4.69, 9.17) is 4.74 Å². The van der Waals surface area contributed by atoms with Gasteiger partial charge >= 0.3 is 6.18 Å². The first-order valence-corrected chi connectivity index (χ1v) is 7.39. The van der Waals surface area contributed by atoms with E-state index in [0.717, 1.165) is 24.4 Å². The number of rotatable bonds is 4. The second-order valence-electron chi connectivity index (χ2n) is 6.04. The van der Waals surface area contributed by atoms with Gasteiger partial charge in [0.25, 0.3) is 0 Å². The van der Waals surface area contributed by atoms with Crippen LogP contribution in [0.4, 0.5) is 18.9 Å². The topological polar surface area (TPSA) is 21.3 Å². The minimum atomic E-state index is -4.30. The number of hydrogen-bond donors (Lipinski definition) is 1. The molecule has 0 heterocycles. The molecule has 21 heavy (non-hydrogen) atoms. The molecule has 2 nitrogen and oxygen atoms in total.